The molecule has 0 aromatic heterocycles. The fraction of sp³-hybridized carbons (Fsp3) is 0.800. The molecule has 138 valence electrons. The molecule has 0 saturated heterocycles. The number of hydrogen-bond acceptors (Lipinski definition) is 0. The summed E-state index contributed by atoms with van der Waals surface area (Å²) in [5, 5.41) is 0. The van der Waals surface area contributed by atoms with Crippen molar-refractivity contribution in [3.8, 4) is 0 Å². The summed E-state index contributed by atoms with van der Waals surface area (Å²) in [4.78, 5) is 0. The summed E-state index contributed by atoms with van der Waals surface area (Å²) < 4.78 is 153. The molecule has 0 nitrogen and oxygen atoms in total. The van der Waals surface area contributed by atoms with Crippen molar-refractivity contribution >= 4 is 8.07 Å². The number of alkyl halides is 12. The van der Waals surface area contributed by atoms with Gasteiger partial charge in [-0.25, -0.2) is 0 Å². The lowest BCUT2D eigenvalue weighted by Crippen LogP contribution is -2.60. The van der Waals surface area contributed by atoms with Crippen LogP contribution < -0.4 is 0 Å². The van der Waals surface area contributed by atoms with Gasteiger partial charge in [0.25, 0.3) is 0 Å². The minimum absolute atomic E-state index is 0.412. The van der Waals surface area contributed by atoms with Gasteiger partial charge in [-0.3, -0.25) is 0 Å². The molecule has 0 aromatic carbocycles. The Kier molecular flexibility index (Phi) is 5.96. The van der Waals surface area contributed by atoms with E-state index < -0.39 is 55.6 Å². The Morgan fingerprint density at radius 3 is 1.00 bits per heavy atom. The first-order valence-electron chi connectivity index (χ1n) is 5.76. The maximum atomic E-state index is 12.8. The summed E-state index contributed by atoms with van der Waals surface area (Å²) in [5.74, 6) is 0. The lowest BCUT2D eigenvalue weighted by molar-refractivity contribution is -0.248. The van der Waals surface area contributed by atoms with Gasteiger partial charge in [0.2, 0.25) is 0 Å². The fourth-order valence-corrected chi connectivity index (χ4v) is 6.89. The average Bonchev–Trinajstić information content (AvgIpc) is 2.19. The molecule has 0 aliphatic heterocycles. The molecule has 0 fully saturated rings. The standard InChI is InChI=1S/C10H10F12Si/c1-3-23(4-2,5(7(11,12)13)8(14,15)16)6(9(17,18)19)10(20,21)22/h3,5-6H,1,4H2,2H3. The van der Waals surface area contributed by atoms with Gasteiger partial charge in [0.1, 0.15) is 19.2 Å². The molecule has 0 heterocycles. The molecule has 0 saturated carbocycles. The molecule has 0 unspecified atom stereocenters. The highest BCUT2D eigenvalue weighted by atomic mass is 28.3. The maximum absolute atomic E-state index is 12.8. The predicted molar refractivity (Wildman–Crippen MR) is 58.2 cm³/mol. The average molecular weight is 386 g/mol. The molecule has 0 amide bonds. The quantitative estimate of drug-likeness (QED) is 0.400. The van der Waals surface area contributed by atoms with Crippen molar-refractivity contribution < 1.29 is 52.7 Å². The van der Waals surface area contributed by atoms with Gasteiger partial charge in [-0.15, -0.1) is 6.58 Å². The van der Waals surface area contributed by atoms with E-state index in [1.54, 1.807) is 0 Å². The Bertz CT molecular complexity index is 352. The highest BCUT2D eigenvalue weighted by molar-refractivity contribution is 6.87. The van der Waals surface area contributed by atoms with E-state index in [2.05, 4.69) is 6.58 Å². The smallest absolute Gasteiger partial charge is 0.171 e. The van der Waals surface area contributed by atoms with Crippen molar-refractivity contribution in [2.75, 3.05) is 0 Å². The molecule has 0 spiro atoms. The van der Waals surface area contributed by atoms with E-state index in [9.17, 15) is 52.7 Å². The van der Waals surface area contributed by atoms with Crippen LogP contribution in [0.15, 0.2) is 12.3 Å². The first-order valence-corrected chi connectivity index (χ1v) is 8.20. The lowest BCUT2D eigenvalue weighted by Gasteiger charge is -2.44. The zero-order valence-electron chi connectivity index (χ0n) is 11.2. The van der Waals surface area contributed by atoms with Crippen LogP contribution in [0.1, 0.15) is 6.92 Å². The molecular formula is C10H10F12Si. The molecule has 0 radical (unpaired) electrons. The number of halogens is 12. The Labute approximate surface area is 123 Å². The zero-order valence-corrected chi connectivity index (χ0v) is 12.2. The summed E-state index contributed by atoms with van der Waals surface area (Å²) in [6.45, 7) is 2.89. The van der Waals surface area contributed by atoms with Crippen molar-refractivity contribution in [1.82, 2.24) is 0 Å². The second-order valence-electron chi connectivity index (χ2n) is 4.70. The summed E-state index contributed by atoms with van der Waals surface area (Å²) in [6.07, 6.45) is -25.3. The van der Waals surface area contributed by atoms with Gasteiger partial charge in [0.15, 0.2) is 0 Å². The minimum atomic E-state index is -6.33. The van der Waals surface area contributed by atoms with Crippen LogP contribution in [-0.2, 0) is 0 Å². The van der Waals surface area contributed by atoms with Crippen LogP contribution in [0.4, 0.5) is 52.7 Å². The predicted octanol–water partition coefficient (Wildman–Crippen LogP) is 6.17. The van der Waals surface area contributed by atoms with Crippen molar-refractivity contribution in [1.29, 1.82) is 0 Å². The molecule has 0 N–H and O–H groups in total. The Morgan fingerprint density at radius 2 is 0.913 bits per heavy atom. The molecular weight excluding hydrogens is 376 g/mol. The van der Waals surface area contributed by atoms with Crippen molar-refractivity contribution in [3.63, 3.8) is 0 Å². The molecule has 0 aliphatic carbocycles. The molecule has 0 aliphatic rings. The summed E-state index contributed by atoms with van der Waals surface area (Å²) in [7, 11) is -6.28. The van der Waals surface area contributed by atoms with Gasteiger partial charge in [-0.1, -0.05) is 18.7 Å². The van der Waals surface area contributed by atoms with E-state index in [0.717, 1.165) is 0 Å². The van der Waals surface area contributed by atoms with E-state index >= 15 is 0 Å². The molecule has 0 rings (SSSR count). The summed E-state index contributed by atoms with van der Waals surface area (Å²) in [5.41, 5.74) is -9.89. The topological polar surface area (TPSA) is 0 Å². The molecule has 23 heavy (non-hydrogen) atoms. The van der Waals surface area contributed by atoms with Crippen LogP contribution >= 0.6 is 0 Å². The van der Waals surface area contributed by atoms with E-state index in [0.29, 0.717) is 6.92 Å². The monoisotopic (exact) mass is 386 g/mol. The molecule has 13 heteroatoms. The van der Waals surface area contributed by atoms with Crippen LogP contribution in [0, 0.1) is 0 Å². The van der Waals surface area contributed by atoms with E-state index in [4.69, 9.17) is 0 Å². The molecule has 0 aromatic rings. The van der Waals surface area contributed by atoms with Gasteiger partial charge in [-0.05, 0) is 0 Å². The third kappa shape index (κ3) is 4.56. The largest absolute Gasteiger partial charge is 0.398 e. The zero-order chi connectivity index (χ0) is 19.1. The Morgan fingerprint density at radius 1 is 0.696 bits per heavy atom. The van der Waals surface area contributed by atoms with Crippen molar-refractivity contribution in [3.05, 3.63) is 12.3 Å². The van der Waals surface area contributed by atoms with Gasteiger partial charge < -0.3 is 0 Å². The van der Waals surface area contributed by atoms with Crippen LogP contribution in [0.25, 0.3) is 0 Å². The second-order valence-corrected chi connectivity index (χ2v) is 9.20. The number of rotatable bonds is 4. The van der Waals surface area contributed by atoms with Gasteiger partial charge >= 0.3 is 24.7 Å². The highest BCUT2D eigenvalue weighted by Gasteiger charge is 2.76. The van der Waals surface area contributed by atoms with Crippen LogP contribution in [0.3, 0.4) is 0 Å². The van der Waals surface area contributed by atoms with Gasteiger partial charge in [0.05, 0.1) is 0 Å². The van der Waals surface area contributed by atoms with Gasteiger partial charge in [0, 0.05) is 0 Å². The SMILES string of the molecule is C=C[Si](CC)(C(C(F)(F)F)C(F)(F)F)C(C(F)(F)F)C(F)(F)F. The maximum Gasteiger partial charge on any atom is 0.398 e. The van der Waals surface area contributed by atoms with Crippen LogP contribution in [0.2, 0.25) is 17.1 Å². The lowest BCUT2D eigenvalue weighted by atomic mass is 10.4. The van der Waals surface area contributed by atoms with E-state index in [1.165, 1.54) is 0 Å². The first kappa shape index (κ1) is 22.1. The second kappa shape index (κ2) is 6.20. The third-order valence-corrected chi connectivity index (χ3v) is 8.82. The molecule has 0 bridgehead atoms. The first-order chi connectivity index (χ1) is 9.85. The third-order valence-electron chi connectivity index (χ3n) is 3.38. The van der Waals surface area contributed by atoms with E-state index in [1.807, 2.05) is 0 Å². The number of hydrogen-bond donors (Lipinski definition) is 0. The van der Waals surface area contributed by atoms with E-state index in [-0.39, 0.29) is 0 Å². The van der Waals surface area contributed by atoms with Crippen molar-refractivity contribution in [2.45, 2.75) is 48.8 Å². The minimum Gasteiger partial charge on any atom is -0.171 e. The summed E-state index contributed by atoms with van der Waals surface area (Å²) in [6, 6.07) is -1.59. The highest BCUT2D eigenvalue weighted by Crippen LogP contribution is 2.61. The Hall–Kier alpha value is -0.883. The van der Waals surface area contributed by atoms with Gasteiger partial charge in [-0.2, -0.15) is 52.7 Å². The normalized spacial score (nSPS) is 15.4. The molecule has 0 atom stereocenters. The summed E-state index contributed by atoms with van der Waals surface area (Å²) >= 11 is 0. The van der Waals surface area contributed by atoms with Crippen LogP contribution in [-0.4, -0.2) is 32.8 Å². The fourth-order valence-electron chi connectivity index (χ4n) is 2.54. The van der Waals surface area contributed by atoms with Crippen LogP contribution in [0.5, 0.6) is 0 Å². The Balaban J connectivity index is 6.74. The van der Waals surface area contributed by atoms with Crippen molar-refractivity contribution in [2.24, 2.45) is 0 Å².